The number of hydrogen-bond acceptors (Lipinski definition) is 4. The molecule has 1 rings (SSSR count). The predicted molar refractivity (Wildman–Crippen MR) is 73.7 cm³/mol. The summed E-state index contributed by atoms with van der Waals surface area (Å²) in [6.45, 7) is 6.80. The zero-order chi connectivity index (χ0) is 13.5. The molecule has 1 aromatic rings. The predicted octanol–water partition coefficient (Wildman–Crippen LogP) is 2.31. The first-order valence-electron chi connectivity index (χ1n) is 6.40. The van der Waals surface area contributed by atoms with Gasteiger partial charge in [0, 0.05) is 19.5 Å². The van der Waals surface area contributed by atoms with Gasteiger partial charge in [0.15, 0.2) is 11.6 Å². The van der Waals surface area contributed by atoms with E-state index in [9.17, 15) is 4.79 Å². The van der Waals surface area contributed by atoms with Gasteiger partial charge in [0.25, 0.3) is 0 Å². The van der Waals surface area contributed by atoms with Gasteiger partial charge in [-0.1, -0.05) is 27.2 Å². The first kappa shape index (κ1) is 14.4. The lowest BCUT2D eigenvalue weighted by Gasteiger charge is -2.17. The summed E-state index contributed by atoms with van der Waals surface area (Å²) in [7, 11) is 1.99. The number of hydrogen-bond donors (Lipinski definition) is 1. The Balaban J connectivity index is 2.59. The molecule has 0 unspecified atom stereocenters. The third-order valence-electron chi connectivity index (χ3n) is 2.66. The van der Waals surface area contributed by atoms with E-state index >= 15 is 0 Å². The van der Waals surface area contributed by atoms with Crippen molar-refractivity contribution in [3.05, 3.63) is 12.1 Å². The average Bonchev–Trinajstić information content (AvgIpc) is 2.36. The molecule has 0 aliphatic carbocycles. The second-order valence-electron chi connectivity index (χ2n) is 4.70. The molecular formula is C13H22N4O. The molecule has 1 heterocycles. The van der Waals surface area contributed by atoms with Crippen LogP contribution in [0.25, 0.3) is 0 Å². The maximum atomic E-state index is 11.5. The molecule has 5 nitrogen and oxygen atoms in total. The Kier molecular flexibility index (Phi) is 5.55. The van der Waals surface area contributed by atoms with Gasteiger partial charge in [-0.3, -0.25) is 4.79 Å². The van der Waals surface area contributed by atoms with E-state index in [1.54, 1.807) is 6.07 Å². The van der Waals surface area contributed by atoms with Crippen molar-refractivity contribution in [1.82, 2.24) is 10.2 Å². The van der Waals surface area contributed by atoms with Gasteiger partial charge in [-0.15, -0.1) is 10.2 Å². The van der Waals surface area contributed by atoms with Crippen LogP contribution >= 0.6 is 0 Å². The van der Waals surface area contributed by atoms with Crippen molar-refractivity contribution in [1.29, 1.82) is 0 Å². The molecule has 1 N–H and O–H groups in total. The van der Waals surface area contributed by atoms with Crippen LogP contribution in [-0.2, 0) is 4.79 Å². The molecule has 0 aromatic carbocycles. The lowest BCUT2D eigenvalue weighted by Crippen LogP contribution is -2.21. The number of nitrogens with one attached hydrogen (secondary N) is 1. The maximum Gasteiger partial charge on any atom is 0.228 e. The molecule has 0 aliphatic heterocycles. The minimum Gasteiger partial charge on any atom is -0.358 e. The molecule has 0 fully saturated rings. The van der Waals surface area contributed by atoms with Gasteiger partial charge in [-0.05, 0) is 18.6 Å². The summed E-state index contributed by atoms with van der Waals surface area (Å²) < 4.78 is 0. The number of carbonyl (C=O) groups excluding carboxylic acids is 1. The van der Waals surface area contributed by atoms with E-state index in [0.29, 0.717) is 5.82 Å². The average molecular weight is 250 g/mol. The van der Waals surface area contributed by atoms with E-state index in [-0.39, 0.29) is 11.8 Å². The van der Waals surface area contributed by atoms with Crippen molar-refractivity contribution in [2.45, 2.75) is 33.6 Å². The monoisotopic (exact) mass is 250 g/mol. The lowest BCUT2D eigenvalue weighted by atomic mass is 10.2. The Morgan fingerprint density at radius 1 is 1.39 bits per heavy atom. The van der Waals surface area contributed by atoms with Crippen LogP contribution in [0.3, 0.4) is 0 Å². The first-order valence-corrected chi connectivity index (χ1v) is 6.40. The van der Waals surface area contributed by atoms with E-state index in [4.69, 9.17) is 0 Å². The second kappa shape index (κ2) is 6.93. The number of rotatable bonds is 6. The Bertz CT molecular complexity index is 375. The van der Waals surface area contributed by atoms with Gasteiger partial charge in [0.2, 0.25) is 5.91 Å². The van der Waals surface area contributed by atoms with Gasteiger partial charge in [-0.25, -0.2) is 0 Å². The van der Waals surface area contributed by atoms with Gasteiger partial charge in [0.05, 0.1) is 0 Å². The summed E-state index contributed by atoms with van der Waals surface area (Å²) in [5.41, 5.74) is 0. The number of aromatic nitrogens is 2. The van der Waals surface area contributed by atoms with Crippen molar-refractivity contribution in [3.63, 3.8) is 0 Å². The number of amides is 1. The fraction of sp³-hybridized carbons (Fsp3) is 0.615. The minimum atomic E-state index is -0.0568. The maximum absolute atomic E-state index is 11.5. The molecule has 0 atom stereocenters. The normalized spacial score (nSPS) is 10.5. The molecule has 0 saturated heterocycles. The molecule has 0 spiro atoms. The zero-order valence-electron chi connectivity index (χ0n) is 11.6. The first-order chi connectivity index (χ1) is 8.54. The summed E-state index contributed by atoms with van der Waals surface area (Å²) in [5, 5.41) is 10.8. The third kappa shape index (κ3) is 4.31. The van der Waals surface area contributed by atoms with Crippen molar-refractivity contribution in [2.24, 2.45) is 5.92 Å². The van der Waals surface area contributed by atoms with Crippen LogP contribution in [0.5, 0.6) is 0 Å². The number of unbranched alkanes of at least 4 members (excludes halogenated alkanes) is 1. The van der Waals surface area contributed by atoms with E-state index in [2.05, 4.69) is 27.3 Å². The Morgan fingerprint density at radius 3 is 2.61 bits per heavy atom. The van der Waals surface area contributed by atoms with Crippen LogP contribution in [0.1, 0.15) is 33.6 Å². The molecule has 0 saturated carbocycles. The molecule has 5 heteroatoms. The van der Waals surface area contributed by atoms with E-state index in [1.165, 1.54) is 0 Å². The molecule has 1 aromatic heterocycles. The van der Waals surface area contributed by atoms with Gasteiger partial charge >= 0.3 is 0 Å². The fourth-order valence-electron chi connectivity index (χ4n) is 1.38. The SMILES string of the molecule is CCCCN(C)c1ccc(NC(=O)C(C)C)nn1. The highest BCUT2D eigenvalue weighted by atomic mass is 16.1. The largest absolute Gasteiger partial charge is 0.358 e. The lowest BCUT2D eigenvalue weighted by molar-refractivity contribution is -0.118. The topological polar surface area (TPSA) is 58.1 Å². The molecule has 0 bridgehead atoms. The van der Waals surface area contributed by atoms with Gasteiger partial charge in [0.1, 0.15) is 0 Å². The van der Waals surface area contributed by atoms with Crippen LogP contribution in [-0.4, -0.2) is 29.7 Å². The van der Waals surface area contributed by atoms with Gasteiger partial charge in [-0.2, -0.15) is 0 Å². The Labute approximate surface area is 109 Å². The van der Waals surface area contributed by atoms with Crippen molar-refractivity contribution < 1.29 is 4.79 Å². The fourth-order valence-corrected chi connectivity index (χ4v) is 1.38. The van der Waals surface area contributed by atoms with Crippen LogP contribution in [0, 0.1) is 5.92 Å². The zero-order valence-corrected chi connectivity index (χ0v) is 11.6. The van der Waals surface area contributed by atoms with Crippen LogP contribution < -0.4 is 10.2 Å². The Morgan fingerprint density at radius 2 is 2.11 bits per heavy atom. The molecular weight excluding hydrogens is 228 g/mol. The van der Waals surface area contributed by atoms with Crippen LogP contribution in [0.2, 0.25) is 0 Å². The second-order valence-corrected chi connectivity index (χ2v) is 4.70. The van der Waals surface area contributed by atoms with Crippen molar-refractivity contribution in [2.75, 3.05) is 23.8 Å². The summed E-state index contributed by atoms with van der Waals surface area (Å²) >= 11 is 0. The highest BCUT2D eigenvalue weighted by molar-refractivity contribution is 5.91. The highest BCUT2D eigenvalue weighted by Crippen LogP contribution is 2.11. The Hall–Kier alpha value is -1.65. The summed E-state index contributed by atoms with van der Waals surface area (Å²) in [6.07, 6.45) is 2.28. The van der Waals surface area contributed by atoms with Crippen LogP contribution in [0.4, 0.5) is 11.6 Å². The molecule has 18 heavy (non-hydrogen) atoms. The van der Waals surface area contributed by atoms with Gasteiger partial charge < -0.3 is 10.2 Å². The molecule has 0 radical (unpaired) electrons. The van der Waals surface area contributed by atoms with E-state index in [0.717, 1.165) is 25.2 Å². The minimum absolute atomic E-state index is 0.0450. The molecule has 0 aliphatic rings. The summed E-state index contributed by atoms with van der Waals surface area (Å²) in [5.74, 6) is 1.22. The number of nitrogens with zero attached hydrogens (tertiary/aromatic N) is 3. The standard InChI is InChI=1S/C13H22N4O/c1-5-6-9-17(4)12-8-7-11(15-16-12)14-13(18)10(2)3/h7-8,10H,5-6,9H2,1-4H3,(H,14,15,18). The number of anilines is 2. The quantitative estimate of drug-likeness (QED) is 0.841. The van der Waals surface area contributed by atoms with Crippen molar-refractivity contribution in [3.8, 4) is 0 Å². The smallest absolute Gasteiger partial charge is 0.228 e. The highest BCUT2D eigenvalue weighted by Gasteiger charge is 2.09. The summed E-state index contributed by atoms with van der Waals surface area (Å²) in [4.78, 5) is 13.5. The molecule has 100 valence electrons. The van der Waals surface area contributed by atoms with Crippen molar-refractivity contribution >= 4 is 17.5 Å². The molecule has 1 amide bonds. The number of carbonyl (C=O) groups is 1. The summed E-state index contributed by atoms with van der Waals surface area (Å²) in [6, 6.07) is 3.66. The van der Waals surface area contributed by atoms with E-state index < -0.39 is 0 Å². The van der Waals surface area contributed by atoms with Crippen LogP contribution in [0.15, 0.2) is 12.1 Å². The third-order valence-corrected chi connectivity index (χ3v) is 2.66. The van der Waals surface area contributed by atoms with E-state index in [1.807, 2.05) is 27.0 Å².